The zero-order valence-corrected chi connectivity index (χ0v) is 20.0. The van der Waals surface area contributed by atoms with Gasteiger partial charge in [0.2, 0.25) is 0 Å². The number of rotatable bonds is 4. The smallest absolute Gasteiger partial charge is 0.269 e. The van der Waals surface area contributed by atoms with Crippen LogP contribution >= 0.6 is 0 Å². The maximum atomic E-state index is 13.5. The van der Waals surface area contributed by atoms with Crippen LogP contribution in [0.2, 0.25) is 0 Å². The number of hydrogen-bond donors (Lipinski definition) is 1. The molecule has 0 atom stereocenters. The number of aromatic amines is 1. The summed E-state index contributed by atoms with van der Waals surface area (Å²) in [6.45, 7) is 7.44. The van der Waals surface area contributed by atoms with Gasteiger partial charge in [-0.25, -0.2) is 27.3 Å². The van der Waals surface area contributed by atoms with Crippen molar-refractivity contribution in [2.75, 3.05) is 0 Å². The number of fused-ring (bicyclic) bond motifs is 2. The number of hydrogen-bond acceptors (Lipinski definition) is 6. The average molecular weight is 474 g/mol. The van der Waals surface area contributed by atoms with E-state index in [1.807, 2.05) is 27.7 Å². The van der Waals surface area contributed by atoms with Gasteiger partial charge < -0.3 is 4.98 Å². The Hall–Kier alpha value is -3.85. The first-order valence-corrected chi connectivity index (χ1v) is 12.2. The molecule has 4 heterocycles. The average Bonchev–Trinajstić information content (AvgIpc) is 3.40. The van der Waals surface area contributed by atoms with E-state index in [0.29, 0.717) is 39.0 Å². The minimum absolute atomic E-state index is 0.0590. The Kier molecular flexibility index (Phi) is 4.91. The molecule has 0 unspecified atom stereocenters. The summed E-state index contributed by atoms with van der Waals surface area (Å²) in [7, 11) is -3.90. The van der Waals surface area contributed by atoms with Gasteiger partial charge in [-0.2, -0.15) is 0 Å². The van der Waals surface area contributed by atoms with Gasteiger partial charge in [-0.3, -0.25) is 4.79 Å². The van der Waals surface area contributed by atoms with Crippen LogP contribution in [0.3, 0.4) is 0 Å². The molecule has 0 spiro atoms. The van der Waals surface area contributed by atoms with Gasteiger partial charge in [0, 0.05) is 35.0 Å². The summed E-state index contributed by atoms with van der Waals surface area (Å²) in [6, 6.07) is 10.2. The summed E-state index contributed by atoms with van der Waals surface area (Å²) >= 11 is 0. The molecule has 0 aliphatic heterocycles. The molecule has 0 amide bonds. The van der Waals surface area contributed by atoms with Gasteiger partial charge in [0.15, 0.2) is 17.1 Å². The molecule has 1 N–H and O–H groups in total. The molecule has 9 heteroatoms. The maximum Gasteiger partial charge on any atom is 0.269 e. The second-order valence-electron chi connectivity index (χ2n) is 9.27. The van der Waals surface area contributed by atoms with Crippen molar-refractivity contribution in [2.45, 2.75) is 32.6 Å². The lowest BCUT2D eigenvalue weighted by atomic mass is 9.87. The van der Waals surface area contributed by atoms with Crippen molar-refractivity contribution in [1.82, 2.24) is 23.9 Å². The van der Waals surface area contributed by atoms with E-state index in [0.717, 1.165) is 5.56 Å². The number of nitrogens with one attached hydrogen (secondary N) is 1. The van der Waals surface area contributed by atoms with Crippen LogP contribution in [0.15, 0.2) is 66.1 Å². The van der Waals surface area contributed by atoms with Crippen molar-refractivity contribution in [1.29, 1.82) is 0 Å². The van der Waals surface area contributed by atoms with Crippen LogP contribution in [-0.2, 0) is 10.0 Å². The van der Waals surface area contributed by atoms with Crippen molar-refractivity contribution < 1.29 is 13.2 Å². The topological polar surface area (TPSA) is 111 Å². The first-order valence-electron chi connectivity index (χ1n) is 10.7. The van der Waals surface area contributed by atoms with E-state index in [4.69, 9.17) is 4.98 Å². The van der Waals surface area contributed by atoms with Gasteiger partial charge in [-0.1, -0.05) is 38.5 Å². The lowest BCUT2D eigenvalue weighted by molar-refractivity contribution is 0.0860. The molecule has 0 saturated carbocycles. The summed E-state index contributed by atoms with van der Waals surface area (Å²) in [6.07, 6.45) is 6.25. The lowest BCUT2D eigenvalue weighted by Gasteiger charge is -2.15. The third-order valence-corrected chi connectivity index (χ3v) is 7.36. The molecule has 0 radical (unpaired) electrons. The van der Waals surface area contributed by atoms with Crippen molar-refractivity contribution in [3.8, 4) is 11.3 Å². The van der Waals surface area contributed by atoms with Gasteiger partial charge in [0.05, 0.1) is 22.3 Å². The fourth-order valence-electron chi connectivity index (χ4n) is 3.84. The second kappa shape index (κ2) is 7.59. The van der Waals surface area contributed by atoms with Crippen molar-refractivity contribution in [2.24, 2.45) is 5.41 Å². The highest BCUT2D eigenvalue weighted by molar-refractivity contribution is 7.90. The molecule has 0 aliphatic rings. The number of H-pyrrole nitrogens is 1. The standard InChI is InChI=1S/C25H23N5O3S/c1-15-7-9-16(10-8-15)34(32,33)30-14-19(17-6-5-11-26-24(17)30)20-13-28-23-21(29-20)18(12-27-23)22(31)25(2,3)4/h5-14H,1-4H3,(H,27,28). The molecule has 8 nitrogen and oxygen atoms in total. The van der Waals surface area contributed by atoms with E-state index in [-0.39, 0.29) is 10.7 Å². The molecule has 5 aromatic rings. The maximum absolute atomic E-state index is 13.5. The highest BCUT2D eigenvalue weighted by Gasteiger charge is 2.27. The Morgan fingerprint density at radius 2 is 1.79 bits per heavy atom. The number of aromatic nitrogens is 5. The number of pyridine rings is 1. The van der Waals surface area contributed by atoms with Crippen LogP contribution in [0.1, 0.15) is 36.7 Å². The monoisotopic (exact) mass is 473 g/mol. The molecule has 5 rings (SSSR count). The van der Waals surface area contributed by atoms with Crippen molar-refractivity contribution in [3.63, 3.8) is 0 Å². The highest BCUT2D eigenvalue weighted by Crippen LogP contribution is 2.32. The van der Waals surface area contributed by atoms with Gasteiger partial charge in [0.25, 0.3) is 10.0 Å². The third kappa shape index (κ3) is 3.49. The van der Waals surface area contributed by atoms with Crippen LogP contribution in [0.25, 0.3) is 33.5 Å². The zero-order chi connectivity index (χ0) is 24.3. The van der Waals surface area contributed by atoms with Gasteiger partial charge in [-0.05, 0) is 31.2 Å². The number of carbonyl (C=O) groups is 1. The Morgan fingerprint density at radius 3 is 2.50 bits per heavy atom. The number of Topliss-reactive ketones (excluding diaryl/α,β-unsaturated/α-hetero) is 1. The van der Waals surface area contributed by atoms with Crippen LogP contribution in [-0.4, -0.2) is 38.1 Å². The molecular formula is C25H23N5O3S. The van der Waals surface area contributed by atoms with E-state index < -0.39 is 15.4 Å². The molecule has 4 aromatic heterocycles. The summed E-state index contributed by atoms with van der Waals surface area (Å²) < 4.78 is 28.1. The minimum atomic E-state index is -3.90. The minimum Gasteiger partial charge on any atom is -0.344 e. The summed E-state index contributed by atoms with van der Waals surface area (Å²) in [5.41, 5.74) is 3.06. The lowest BCUT2D eigenvalue weighted by Crippen LogP contribution is -2.20. The Balaban J connectivity index is 1.72. The summed E-state index contributed by atoms with van der Waals surface area (Å²) in [5, 5.41) is 0.617. The number of benzene rings is 1. The molecule has 0 saturated heterocycles. The number of aryl methyl sites for hydroxylation is 1. The molecule has 34 heavy (non-hydrogen) atoms. The molecule has 0 bridgehead atoms. The van der Waals surface area contributed by atoms with Gasteiger partial charge in [-0.15, -0.1) is 0 Å². The predicted molar refractivity (Wildman–Crippen MR) is 130 cm³/mol. The van der Waals surface area contributed by atoms with Crippen LogP contribution in [0.4, 0.5) is 0 Å². The Bertz CT molecular complexity index is 1670. The normalized spacial score (nSPS) is 12.5. The molecular weight excluding hydrogens is 450 g/mol. The summed E-state index contributed by atoms with van der Waals surface area (Å²) in [4.78, 5) is 29.6. The van der Waals surface area contributed by atoms with Crippen molar-refractivity contribution in [3.05, 3.63) is 72.3 Å². The molecule has 172 valence electrons. The molecule has 1 aromatic carbocycles. The second-order valence-corrected chi connectivity index (χ2v) is 11.1. The van der Waals surface area contributed by atoms with Crippen molar-refractivity contribution >= 4 is 38.0 Å². The first-order chi connectivity index (χ1) is 16.1. The predicted octanol–water partition coefficient (Wildman–Crippen LogP) is 4.75. The van der Waals surface area contributed by atoms with Gasteiger partial charge in [0.1, 0.15) is 5.52 Å². The van der Waals surface area contributed by atoms with Crippen LogP contribution in [0, 0.1) is 12.3 Å². The van der Waals surface area contributed by atoms with E-state index in [1.165, 1.54) is 10.2 Å². The Morgan fingerprint density at radius 1 is 1.06 bits per heavy atom. The van der Waals surface area contributed by atoms with E-state index in [9.17, 15) is 13.2 Å². The fourth-order valence-corrected chi connectivity index (χ4v) is 5.16. The zero-order valence-electron chi connectivity index (χ0n) is 19.2. The number of carbonyl (C=O) groups excluding carboxylic acids is 1. The molecule has 0 aliphatic carbocycles. The largest absolute Gasteiger partial charge is 0.344 e. The fraction of sp³-hybridized carbons (Fsp3) is 0.200. The summed E-state index contributed by atoms with van der Waals surface area (Å²) in [5.74, 6) is -0.0590. The SMILES string of the molecule is Cc1ccc(S(=O)(=O)n2cc(-c3cnc4[nH]cc(C(=O)C(C)(C)C)c4n3)c3cccnc32)cc1. The highest BCUT2D eigenvalue weighted by atomic mass is 32.2. The van der Waals surface area contributed by atoms with Crippen LogP contribution < -0.4 is 0 Å². The molecule has 0 fully saturated rings. The van der Waals surface area contributed by atoms with E-state index in [2.05, 4.69) is 15.0 Å². The van der Waals surface area contributed by atoms with Crippen LogP contribution in [0.5, 0.6) is 0 Å². The third-order valence-electron chi connectivity index (χ3n) is 5.69. The first kappa shape index (κ1) is 22.0. The number of nitrogens with zero attached hydrogens (tertiary/aromatic N) is 4. The Labute approximate surface area is 196 Å². The number of ketones is 1. The van der Waals surface area contributed by atoms with Gasteiger partial charge >= 0.3 is 0 Å². The van der Waals surface area contributed by atoms with E-state index >= 15 is 0 Å². The van der Waals surface area contributed by atoms with E-state index in [1.54, 1.807) is 55.0 Å². The quantitative estimate of drug-likeness (QED) is 0.377.